The number of alkyl halides is 3. The Morgan fingerprint density at radius 3 is 2.58 bits per heavy atom. The number of H-pyrrole nitrogens is 1. The molecule has 26 heavy (non-hydrogen) atoms. The Balaban J connectivity index is 1.97. The lowest BCUT2D eigenvalue weighted by Crippen LogP contribution is -2.05. The molecule has 0 atom stereocenters. The molecule has 7 nitrogen and oxygen atoms in total. The van der Waals surface area contributed by atoms with E-state index in [1.165, 1.54) is 25.7 Å². The van der Waals surface area contributed by atoms with E-state index in [-0.39, 0.29) is 5.52 Å². The van der Waals surface area contributed by atoms with Gasteiger partial charge in [-0.2, -0.15) is 13.2 Å². The molecule has 0 fully saturated rings. The van der Waals surface area contributed by atoms with E-state index >= 15 is 0 Å². The molecule has 0 spiro atoms. The van der Waals surface area contributed by atoms with Gasteiger partial charge in [-0.25, -0.2) is 9.97 Å². The third-order valence-electron chi connectivity index (χ3n) is 3.79. The summed E-state index contributed by atoms with van der Waals surface area (Å²) in [5.74, 6) is 1.08. The number of aromatic nitrogens is 6. The lowest BCUT2D eigenvalue weighted by atomic mass is 10.2. The van der Waals surface area contributed by atoms with E-state index in [9.17, 15) is 13.2 Å². The smallest absolute Gasteiger partial charge is 0.416 e. The summed E-state index contributed by atoms with van der Waals surface area (Å²) in [6.07, 6.45) is -1.47. The molecule has 0 saturated heterocycles. The van der Waals surface area contributed by atoms with E-state index < -0.39 is 11.7 Å². The molecule has 0 aliphatic rings. The van der Waals surface area contributed by atoms with Crippen LogP contribution in [0, 0.1) is 0 Å². The summed E-state index contributed by atoms with van der Waals surface area (Å²) in [6, 6.07) is 6.62. The number of hydrogen-bond acceptors (Lipinski definition) is 5. The van der Waals surface area contributed by atoms with Crippen molar-refractivity contribution in [2.24, 2.45) is 0 Å². The van der Waals surface area contributed by atoms with Crippen LogP contribution in [0.5, 0.6) is 5.88 Å². The molecule has 0 bridgehead atoms. The first-order chi connectivity index (χ1) is 12.5. The zero-order valence-corrected chi connectivity index (χ0v) is 13.3. The van der Waals surface area contributed by atoms with Crippen LogP contribution in [-0.4, -0.2) is 36.8 Å². The Morgan fingerprint density at radius 2 is 1.96 bits per heavy atom. The molecular formula is C16H11F3N6O. The van der Waals surface area contributed by atoms with Crippen molar-refractivity contribution in [1.29, 1.82) is 0 Å². The quantitative estimate of drug-likeness (QED) is 0.607. The third-order valence-corrected chi connectivity index (χ3v) is 3.79. The Bertz CT molecular complexity index is 1050. The SMILES string of the molecule is COc1ccc(-n2c(-c3cnc[nH]3)nc3cc(C(F)(F)F)ccc32)nn1. The number of aromatic amines is 1. The molecule has 0 saturated carbocycles. The first kappa shape index (κ1) is 16.1. The molecule has 1 N–H and O–H groups in total. The minimum absolute atomic E-state index is 0.182. The van der Waals surface area contributed by atoms with Crippen molar-refractivity contribution < 1.29 is 17.9 Å². The van der Waals surface area contributed by atoms with Gasteiger partial charge >= 0.3 is 6.18 Å². The fraction of sp³-hybridized carbons (Fsp3) is 0.125. The number of methoxy groups -OCH3 is 1. The van der Waals surface area contributed by atoms with E-state index in [0.29, 0.717) is 28.7 Å². The van der Waals surface area contributed by atoms with Crippen molar-refractivity contribution in [3.63, 3.8) is 0 Å². The molecule has 4 rings (SSSR count). The Kier molecular flexibility index (Phi) is 3.60. The van der Waals surface area contributed by atoms with Gasteiger partial charge in [-0.05, 0) is 24.3 Å². The second kappa shape index (κ2) is 5.83. The second-order valence-corrected chi connectivity index (χ2v) is 5.37. The van der Waals surface area contributed by atoms with E-state index in [4.69, 9.17) is 4.74 Å². The van der Waals surface area contributed by atoms with Crippen LogP contribution in [0.2, 0.25) is 0 Å². The Morgan fingerprint density at radius 1 is 1.12 bits per heavy atom. The standard InChI is InChI=1S/C16H11F3N6O/c1-26-14-5-4-13(23-24-14)25-12-3-2-9(16(17,18)19)6-10(12)22-15(25)11-7-20-8-21-11/h2-8H,1H3,(H,20,21). The summed E-state index contributed by atoms with van der Waals surface area (Å²) in [6.45, 7) is 0. The van der Waals surface area contributed by atoms with Crippen molar-refractivity contribution in [3.05, 3.63) is 48.4 Å². The minimum atomic E-state index is -4.45. The first-order valence-corrected chi connectivity index (χ1v) is 7.44. The largest absolute Gasteiger partial charge is 0.480 e. The van der Waals surface area contributed by atoms with Crippen LogP contribution < -0.4 is 4.74 Å². The molecule has 0 unspecified atom stereocenters. The van der Waals surface area contributed by atoms with Gasteiger partial charge < -0.3 is 9.72 Å². The van der Waals surface area contributed by atoms with Crippen LogP contribution in [0.25, 0.3) is 28.4 Å². The van der Waals surface area contributed by atoms with Gasteiger partial charge in [0.25, 0.3) is 0 Å². The number of rotatable bonds is 3. The summed E-state index contributed by atoms with van der Waals surface area (Å²) >= 11 is 0. The summed E-state index contributed by atoms with van der Waals surface area (Å²) in [5, 5.41) is 7.99. The third kappa shape index (κ3) is 2.65. The van der Waals surface area contributed by atoms with Crippen LogP contribution in [0.4, 0.5) is 13.2 Å². The van der Waals surface area contributed by atoms with Crippen LogP contribution in [-0.2, 0) is 6.18 Å². The van der Waals surface area contributed by atoms with Crippen molar-refractivity contribution >= 4 is 11.0 Å². The lowest BCUT2D eigenvalue weighted by Gasteiger charge is -2.08. The van der Waals surface area contributed by atoms with Gasteiger partial charge in [-0.3, -0.25) is 4.57 Å². The van der Waals surface area contributed by atoms with Gasteiger partial charge in [-0.15, -0.1) is 10.2 Å². The van der Waals surface area contributed by atoms with Gasteiger partial charge in [0.15, 0.2) is 11.6 Å². The van der Waals surface area contributed by atoms with E-state index in [1.54, 1.807) is 16.7 Å². The summed E-state index contributed by atoms with van der Waals surface area (Å²) < 4.78 is 45.6. The lowest BCUT2D eigenvalue weighted by molar-refractivity contribution is -0.137. The van der Waals surface area contributed by atoms with Crippen LogP contribution >= 0.6 is 0 Å². The highest BCUT2D eigenvalue weighted by Gasteiger charge is 2.31. The highest BCUT2D eigenvalue weighted by molar-refractivity contribution is 5.82. The molecule has 0 radical (unpaired) electrons. The predicted octanol–water partition coefficient (Wildman–Crippen LogP) is 3.23. The van der Waals surface area contributed by atoms with Gasteiger partial charge in [0.2, 0.25) is 5.88 Å². The van der Waals surface area contributed by atoms with E-state index in [0.717, 1.165) is 12.1 Å². The zero-order valence-electron chi connectivity index (χ0n) is 13.3. The summed E-state index contributed by atoms with van der Waals surface area (Å²) in [7, 11) is 1.46. The number of nitrogens with one attached hydrogen (secondary N) is 1. The molecule has 132 valence electrons. The average Bonchev–Trinajstić information content (AvgIpc) is 3.28. The van der Waals surface area contributed by atoms with Crippen molar-refractivity contribution in [2.75, 3.05) is 7.11 Å². The van der Waals surface area contributed by atoms with Crippen molar-refractivity contribution in [1.82, 2.24) is 29.7 Å². The van der Waals surface area contributed by atoms with Crippen LogP contribution in [0.3, 0.4) is 0 Å². The molecule has 3 heterocycles. The molecule has 3 aromatic heterocycles. The van der Waals surface area contributed by atoms with E-state index in [1.807, 2.05) is 0 Å². The van der Waals surface area contributed by atoms with E-state index in [2.05, 4.69) is 25.1 Å². The summed E-state index contributed by atoms with van der Waals surface area (Å²) in [4.78, 5) is 11.2. The fourth-order valence-electron chi connectivity index (χ4n) is 2.59. The van der Waals surface area contributed by atoms with Crippen molar-refractivity contribution in [2.45, 2.75) is 6.18 Å². The second-order valence-electron chi connectivity index (χ2n) is 5.37. The zero-order chi connectivity index (χ0) is 18.3. The molecule has 0 aliphatic carbocycles. The maximum absolute atomic E-state index is 13.0. The maximum atomic E-state index is 13.0. The van der Waals surface area contributed by atoms with Gasteiger partial charge in [0.05, 0.1) is 36.2 Å². The number of ether oxygens (including phenoxy) is 1. The van der Waals surface area contributed by atoms with Crippen LogP contribution in [0.1, 0.15) is 5.56 Å². The van der Waals surface area contributed by atoms with Crippen LogP contribution in [0.15, 0.2) is 42.9 Å². The number of hydrogen-bond donors (Lipinski definition) is 1. The molecule has 1 aromatic carbocycles. The Hall–Kier alpha value is -3.43. The highest BCUT2D eigenvalue weighted by atomic mass is 19.4. The first-order valence-electron chi connectivity index (χ1n) is 7.44. The number of fused-ring (bicyclic) bond motifs is 1. The number of halogens is 3. The Labute approximate surface area is 144 Å². The fourth-order valence-corrected chi connectivity index (χ4v) is 2.59. The predicted molar refractivity (Wildman–Crippen MR) is 85.8 cm³/mol. The summed E-state index contributed by atoms with van der Waals surface area (Å²) in [5.41, 5.74) is 0.406. The monoisotopic (exact) mass is 360 g/mol. The minimum Gasteiger partial charge on any atom is -0.480 e. The molecule has 4 aromatic rings. The highest BCUT2D eigenvalue weighted by Crippen LogP contribution is 2.33. The number of imidazole rings is 2. The van der Waals surface area contributed by atoms with Crippen molar-refractivity contribution in [3.8, 4) is 23.2 Å². The number of nitrogens with zero attached hydrogens (tertiary/aromatic N) is 5. The van der Waals surface area contributed by atoms with Gasteiger partial charge in [-0.1, -0.05) is 0 Å². The van der Waals surface area contributed by atoms with Gasteiger partial charge in [0, 0.05) is 6.07 Å². The normalized spacial score (nSPS) is 11.8. The maximum Gasteiger partial charge on any atom is 0.416 e. The molecule has 0 amide bonds. The molecule has 10 heteroatoms. The average molecular weight is 360 g/mol. The van der Waals surface area contributed by atoms with Gasteiger partial charge in [0.1, 0.15) is 5.69 Å². The molecule has 0 aliphatic heterocycles. The number of benzene rings is 1. The topological polar surface area (TPSA) is 81.5 Å². The molecular weight excluding hydrogens is 349 g/mol.